The first-order valence-corrected chi connectivity index (χ1v) is 6.15. The van der Waals surface area contributed by atoms with E-state index in [1.807, 2.05) is 5.38 Å². The van der Waals surface area contributed by atoms with Crippen LogP contribution in [-0.2, 0) is 0 Å². The average Bonchev–Trinajstić information content (AvgIpc) is 2.75. The summed E-state index contributed by atoms with van der Waals surface area (Å²) in [5.41, 5.74) is 0. The van der Waals surface area contributed by atoms with Crippen molar-refractivity contribution in [2.45, 2.75) is 0 Å². The van der Waals surface area contributed by atoms with Gasteiger partial charge in [0, 0.05) is 31.6 Å². The number of rotatable bonds is 1. The Labute approximate surface area is 92.1 Å². The zero-order chi connectivity index (χ0) is 9.54. The number of aromatic nitrogens is 1. The lowest BCUT2D eigenvalue weighted by Gasteiger charge is -2.15. The predicted molar refractivity (Wildman–Crippen MR) is 59.2 cm³/mol. The van der Waals surface area contributed by atoms with E-state index in [1.54, 1.807) is 11.3 Å². The van der Waals surface area contributed by atoms with E-state index in [1.165, 1.54) is 13.1 Å². The third-order valence-corrected chi connectivity index (χ3v) is 4.35. The van der Waals surface area contributed by atoms with Gasteiger partial charge in [0.2, 0.25) is 0 Å². The van der Waals surface area contributed by atoms with Gasteiger partial charge >= 0.3 is 0 Å². The standard InChI is InChI=1S/C9H12ClN3S/c10-8-5-14-9(12-8)13-3-6-1-11-2-7(6)4-13/h5-7,11H,1-4H2/t6-,7+. The molecule has 0 saturated carbocycles. The second kappa shape index (κ2) is 3.36. The van der Waals surface area contributed by atoms with Gasteiger partial charge in [-0.3, -0.25) is 0 Å². The molecule has 2 atom stereocenters. The lowest BCUT2D eigenvalue weighted by atomic mass is 10.0. The summed E-state index contributed by atoms with van der Waals surface area (Å²) in [6.07, 6.45) is 0. The largest absolute Gasteiger partial charge is 0.347 e. The van der Waals surface area contributed by atoms with Gasteiger partial charge in [0.25, 0.3) is 0 Å². The number of halogens is 1. The first kappa shape index (κ1) is 8.95. The van der Waals surface area contributed by atoms with E-state index in [9.17, 15) is 0 Å². The van der Waals surface area contributed by atoms with Crippen LogP contribution in [-0.4, -0.2) is 31.2 Å². The Morgan fingerprint density at radius 1 is 1.43 bits per heavy atom. The number of hydrogen-bond donors (Lipinski definition) is 1. The van der Waals surface area contributed by atoms with Crippen LogP contribution in [0.4, 0.5) is 5.13 Å². The minimum atomic E-state index is 0.625. The Morgan fingerprint density at radius 3 is 2.71 bits per heavy atom. The molecule has 0 spiro atoms. The summed E-state index contributed by atoms with van der Waals surface area (Å²) in [7, 11) is 0. The average molecular weight is 230 g/mol. The molecule has 2 saturated heterocycles. The van der Waals surface area contributed by atoms with Gasteiger partial charge in [-0.05, 0) is 11.8 Å². The molecule has 2 aliphatic heterocycles. The van der Waals surface area contributed by atoms with Gasteiger partial charge in [-0.25, -0.2) is 4.98 Å². The quantitative estimate of drug-likeness (QED) is 0.790. The molecule has 14 heavy (non-hydrogen) atoms. The van der Waals surface area contributed by atoms with Crippen molar-refractivity contribution in [3.63, 3.8) is 0 Å². The van der Waals surface area contributed by atoms with E-state index in [2.05, 4.69) is 15.2 Å². The molecule has 2 fully saturated rings. The zero-order valence-corrected chi connectivity index (χ0v) is 9.31. The summed E-state index contributed by atoms with van der Waals surface area (Å²) in [6.45, 7) is 4.61. The predicted octanol–water partition coefficient (Wildman–Crippen LogP) is 1.45. The molecule has 0 amide bonds. The highest BCUT2D eigenvalue weighted by molar-refractivity contribution is 7.14. The lowest BCUT2D eigenvalue weighted by Crippen LogP contribution is -2.25. The maximum Gasteiger partial charge on any atom is 0.186 e. The van der Waals surface area contributed by atoms with Gasteiger partial charge in [-0.15, -0.1) is 11.3 Å². The van der Waals surface area contributed by atoms with Crippen LogP contribution < -0.4 is 10.2 Å². The van der Waals surface area contributed by atoms with Gasteiger partial charge in [-0.1, -0.05) is 11.6 Å². The van der Waals surface area contributed by atoms with E-state index in [0.29, 0.717) is 5.15 Å². The molecule has 0 unspecified atom stereocenters. The number of anilines is 1. The van der Waals surface area contributed by atoms with E-state index in [0.717, 1.165) is 30.1 Å². The van der Waals surface area contributed by atoms with E-state index in [4.69, 9.17) is 11.6 Å². The fraction of sp³-hybridized carbons (Fsp3) is 0.667. The van der Waals surface area contributed by atoms with E-state index in [-0.39, 0.29) is 0 Å². The lowest BCUT2D eigenvalue weighted by molar-refractivity contribution is 0.533. The number of hydrogen-bond acceptors (Lipinski definition) is 4. The van der Waals surface area contributed by atoms with Gasteiger partial charge in [0.05, 0.1) is 0 Å². The maximum absolute atomic E-state index is 5.82. The molecule has 0 radical (unpaired) electrons. The second-order valence-corrected chi connectivity index (χ2v) is 5.26. The first-order valence-electron chi connectivity index (χ1n) is 4.89. The second-order valence-electron chi connectivity index (χ2n) is 4.04. The van der Waals surface area contributed by atoms with E-state index < -0.39 is 0 Å². The minimum absolute atomic E-state index is 0.625. The van der Waals surface area contributed by atoms with Crippen molar-refractivity contribution in [2.24, 2.45) is 11.8 Å². The summed E-state index contributed by atoms with van der Waals surface area (Å²) in [5.74, 6) is 1.63. The van der Waals surface area contributed by atoms with Crippen molar-refractivity contribution in [3.05, 3.63) is 10.5 Å². The first-order chi connectivity index (χ1) is 6.83. The summed E-state index contributed by atoms with van der Waals surface area (Å²) < 4.78 is 0. The molecule has 3 nitrogen and oxygen atoms in total. The summed E-state index contributed by atoms with van der Waals surface area (Å²) >= 11 is 7.47. The van der Waals surface area contributed by atoms with Crippen molar-refractivity contribution in [1.82, 2.24) is 10.3 Å². The molecule has 1 N–H and O–H groups in total. The molecular weight excluding hydrogens is 218 g/mol. The minimum Gasteiger partial charge on any atom is -0.347 e. The number of thiazole rings is 1. The summed E-state index contributed by atoms with van der Waals surface area (Å²) in [5, 5.41) is 7.05. The summed E-state index contributed by atoms with van der Waals surface area (Å²) in [4.78, 5) is 6.68. The topological polar surface area (TPSA) is 28.2 Å². The Hall–Kier alpha value is -0.320. The molecule has 1 aromatic rings. The Balaban J connectivity index is 1.76. The summed E-state index contributed by atoms with van der Waals surface area (Å²) in [6, 6.07) is 0. The highest BCUT2D eigenvalue weighted by Gasteiger charge is 2.36. The maximum atomic E-state index is 5.82. The van der Waals surface area contributed by atoms with Crippen LogP contribution in [0.15, 0.2) is 5.38 Å². The molecule has 0 aromatic carbocycles. The van der Waals surface area contributed by atoms with Crippen LogP contribution in [0.2, 0.25) is 5.15 Å². The van der Waals surface area contributed by atoms with Gasteiger partial charge in [0.15, 0.2) is 5.13 Å². The number of fused-ring (bicyclic) bond motifs is 1. The highest BCUT2D eigenvalue weighted by atomic mass is 35.5. The fourth-order valence-electron chi connectivity index (χ4n) is 2.40. The van der Waals surface area contributed by atoms with Crippen LogP contribution in [0.5, 0.6) is 0 Å². The van der Waals surface area contributed by atoms with Crippen LogP contribution in [0.1, 0.15) is 0 Å². The SMILES string of the molecule is Clc1csc(N2C[C@H]3CNC[C@H]3C2)n1. The highest BCUT2D eigenvalue weighted by Crippen LogP contribution is 2.32. The van der Waals surface area contributed by atoms with Crippen LogP contribution in [0.25, 0.3) is 0 Å². The third-order valence-electron chi connectivity index (χ3n) is 3.12. The van der Waals surface area contributed by atoms with Crippen LogP contribution in [0, 0.1) is 11.8 Å². The molecule has 3 rings (SSSR count). The third kappa shape index (κ3) is 1.42. The molecule has 5 heteroatoms. The smallest absolute Gasteiger partial charge is 0.186 e. The van der Waals surface area contributed by atoms with Crippen LogP contribution in [0.3, 0.4) is 0 Å². The normalized spacial score (nSPS) is 31.1. The zero-order valence-electron chi connectivity index (χ0n) is 7.74. The molecule has 76 valence electrons. The van der Waals surface area contributed by atoms with Crippen molar-refractivity contribution in [1.29, 1.82) is 0 Å². The molecule has 2 aliphatic rings. The van der Waals surface area contributed by atoms with Crippen molar-refractivity contribution in [2.75, 3.05) is 31.1 Å². The van der Waals surface area contributed by atoms with E-state index >= 15 is 0 Å². The molecule has 3 heterocycles. The monoisotopic (exact) mass is 229 g/mol. The van der Waals surface area contributed by atoms with Gasteiger partial charge in [-0.2, -0.15) is 0 Å². The molecule has 1 aromatic heterocycles. The van der Waals surface area contributed by atoms with Gasteiger partial charge in [0.1, 0.15) is 5.15 Å². The van der Waals surface area contributed by atoms with Gasteiger partial charge < -0.3 is 10.2 Å². The Bertz CT molecular complexity index is 329. The molecule has 0 bridgehead atoms. The Kier molecular flexibility index (Phi) is 2.15. The molecule has 0 aliphatic carbocycles. The number of nitrogens with one attached hydrogen (secondary N) is 1. The Morgan fingerprint density at radius 2 is 2.14 bits per heavy atom. The van der Waals surface area contributed by atoms with Crippen molar-refractivity contribution >= 4 is 28.1 Å². The van der Waals surface area contributed by atoms with Crippen molar-refractivity contribution in [3.8, 4) is 0 Å². The fourth-order valence-corrected chi connectivity index (χ4v) is 3.37. The van der Waals surface area contributed by atoms with Crippen LogP contribution >= 0.6 is 22.9 Å². The molecular formula is C9H12ClN3S. The van der Waals surface area contributed by atoms with Crippen molar-refractivity contribution < 1.29 is 0 Å². The number of nitrogens with zero attached hydrogens (tertiary/aromatic N) is 2.